The van der Waals surface area contributed by atoms with Crippen molar-refractivity contribution in [3.8, 4) is 0 Å². The summed E-state index contributed by atoms with van der Waals surface area (Å²) in [6.07, 6.45) is 6.13. The third-order valence-corrected chi connectivity index (χ3v) is 8.74. The summed E-state index contributed by atoms with van der Waals surface area (Å²) < 4.78 is 0. The molecule has 4 aromatic rings. The van der Waals surface area contributed by atoms with E-state index in [1.165, 1.54) is 51.3 Å². The normalized spacial score (nSPS) is 22.1. The van der Waals surface area contributed by atoms with Gasteiger partial charge in [-0.1, -0.05) is 67.6 Å². The molecule has 0 unspecified atom stereocenters. The summed E-state index contributed by atoms with van der Waals surface area (Å²) in [6, 6.07) is 23.8. The molecule has 180 valence electrons. The van der Waals surface area contributed by atoms with Crippen LogP contribution in [0.2, 0.25) is 0 Å². The van der Waals surface area contributed by atoms with Gasteiger partial charge in [-0.2, -0.15) is 0 Å². The Balaban J connectivity index is 1.21. The van der Waals surface area contributed by atoms with Crippen molar-refractivity contribution in [2.75, 3.05) is 13.1 Å². The molecule has 4 nitrogen and oxygen atoms in total. The van der Waals surface area contributed by atoms with Crippen LogP contribution < -0.4 is 5.32 Å². The van der Waals surface area contributed by atoms with E-state index in [0.29, 0.717) is 19.0 Å². The number of carbonyl (C=O) groups is 1. The second-order valence-electron chi connectivity index (χ2n) is 10.5. The number of nitrogens with one attached hydrogen (secondary N) is 2. The van der Waals surface area contributed by atoms with Gasteiger partial charge in [0.25, 0.3) is 0 Å². The van der Waals surface area contributed by atoms with Crippen LogP contribution in [0.4, 0.5) is 0 Å². The molecule has 1 fully saturated rings. The third-order valence-electron chi connectivity index (χ3n) is 8.74. The minimum atomic E-state index is 0.130. The predicted octanol–water partition coefficient (Wildman–Crippen LogP) is 6.51. The van der Waals surface area contributed by atoms with Crippen molar-refractivity contribution in [2.24, 2.45) is 5.41 Å². The van der Waals surface area contributed by atoms with Gasteiger partial charge in [0.15, 0.2) is 0 Å². The van der Waals surface area contributed by atoms with Crippen LogP contribution in [0.3, 0.4) is 0 Å². The number of fused-ring (bicyclic) bond motifs is 6. The largest absolute Gasteiger partial charge is 0.357 e. The molecule has 2 atom stereocenters. The van der Waals surface area contributed by atoms with Gasteiger partial charge in [0.05, 0.1) is 6.04 Å². The maximum atomic E-state index is 13.1. The average Bonchev–Trinajstić information content (AvgIpc) is 3.29. The zero-order valence-electron chi connectivity index (χ0n) is 20.6. The number of H-pyrrole nitrogens is 1. The van der Waals surface area contributed by atoms with Gasteiger partial charge >= 0.3 is 0 Å². The van der Waals surface area contributed by atoms with Crippen molar-refractivity contribution in [3.05, 3.63) is 83.6 Å². The van der Waals surface area contributed by atoms with E-state index in [1.54, 1.807) is 0 Å². The van der Waals surface area contributed by atoms with E-state index in [-0.39, 0.29) is 11.3 Å². The molecule has 0 aliphatic carbocycles. The van der Waals surface area contributed by atoms with E-state index in [9.17, 15) is 4.79 Å². The molecule has 2 N–H and O–H groups in total. The Morgan fingerprint density at radius 3 is 2.71 bits per heavy atom. The summed E-state index contributed by atoms with van der Waals surface area (Å²) in [6.45, 7) is 5.19. The van der Waals surface area contributed by atoms with Crippen molar-refractivity contribution in [1.29, 1.82) is 0 Å². The molecule has 1 aromatic heterocycles. The fourth-order valence-electron chi connectivity index (χ4n) is 6.90. The van der Waals surface area contributed by atoms with Gasteiger partial charge in [0.2, 0.25) is 5.91 Å². The summed E-state index contributed by atoms with van der Waals surface area (Å²) in [7, 11) is 0. The number of para-hydroxylation sites is 1. The van der Waals surface area contributed by atoms with Crippen LogP contribution in [-0.2, 0) is 17.8 Å². The van der Waals surface area contributed by atoms with E-state index in [2.05, 4.69) is 88.9 Å². The molecule has 3 heterocycles. The molecule has 0 bridgehead atoms. The Hall–Kier alpha value is -3.11. The van der Waals surface area contributed by atoms with Gasteiger partial charge in [-0.05, 0) is 72.0 Å². The molecule has 2 aliphatic heterocycles. The lowest BCUT2D eigenvalue weighted by molar-refractivity contribution is -0.122. The molecule has 2 aliphatic rings. The molecular formula is C31H35N3O. The van der Waals surface area contributed by atoms with Crippen molar-refractivity contribution >= 4 is 27.6 Å². The second-order valence-corrected chi connectivity index (χ2v) is 10.5. The summed E-state index contributed by atoms with van der Waals surface area (Å²) in [5, 5.41) is 7.04. The van der Waals surface area contributed by atoms with E-state index in [4.69, 9.17) is 0 Å². The molecule has 4 heteroatoms. The molecular weight excluding hydrogens is 430 g/mol. The Morgan fingerprint density at radius 2 is 1.83 bits per heavy atom. The minimum absolute atomic E-state index is 0.130. The molecule has 0 spiro atoms. The van der Waals surface area contributed by atoms with Crippen molar-refractivity contribution in [2.45, 2.75) is 58.0 Å². The van der Waals surface area contributed by atoms with E-state index < -0.39 is 0 Å². The predicted molar refractivity (Wildman–Crippen MR) is 143 cm³/mol. The first kappa shape index (κ1) is 22.4. The lowest BCUT2D eigenvalue weighted by Gasteiger charge is -2.52. The minimum Gasteiger partial charge on any atom is -0.357 e. The van der Waals surface area contributed by atoms with Crippen LogP contribution in [-0.4, -0.2) is 28.9 Å². The number of nitrogens with zero attached hydrogens (tertiary/aromatic N) is 1. The van der Waals surface area contributed by atoms with Crippen molar-refractivity contribution < 1.29 is 4.79 Å². The Bertz CT molecular complexity index is 1370. The topological polar surface area (TPSA) is 48.1 Å². The van der Waals surface area contributed by atoms with Crippen LogP contribution in [0, 0.1) is 5.41 Å². The van der Waals surface area contributed by atoms with E-state index in [1.807, 2.05) is 0 Å². The zero-order chi connectivity index (χ0) is 23.8. The highest BCUT2D eigenvalue weighted by atomic mass is 16.1. The smallest absolute Gasteiger partial charge is 0.220 e. The lowest BCUT2D eigenvalue weighted by atomic mass is 9.65. The maximum absolute atomic E-state index is 13.1. The quantitative estimate of drug-likeness (QED) is 0.341. The fraction of sp³-hybridized carbons (Fsp3) is 0.387. The summed E-state index contributed by atoms with van der Waals surface area (Å²) >= 11 is 0. The molecule has 0 saturated carbocycles. The number of hydrogen-bond acceptors (Lipinski definition) is 2. The molecule has 1 saturated heterocycles. The first-order chi connectivity index (χ1) is 17.2. The monoisotopic (exact) mass is 465 g/mol. The fourth-order valence-corrected chi connectivity index (χ4v) is 6.90. The first-order valence-electron chi connectivity index (χ1n) is 13.3. The number of aromatic nitrogens is 1. The number of amides is 1. The van der Waals surface area contributed by atoms with Gasteiger partial charge in [0.1, 0.15) is 0 Å². The Kier molecular flexibility index (Phi) is 5.85. The lowest BCUT2D eigenvalue weighted by Crippen LogP contribution is -2.49. The SMILES string of the molecule is CC[C@]1(CCC(=O)NCc2cccc3ccccc23)CCCN2CCc3c([nH]c4ccccc34)[C@@H]21. The number of carbonyl (C=O) groups excluding carboxylic acids is 1. The number of hydrogen-bond donors (Lipinski definition) is 2. The zero-order valence-corrected chi connectivity index (χ0v) is 20.6. The van der Waals surface area contributed by atoms with E-state index in [0.717, 1.165) is 32.4 Å². The maximum Gasteiger partial charge on any atom is 0.220 e. The molecule has 3 aromatic carbocycles. The number of aromatic amines is 1. The van der Waals surface area contributed by atoms with Crippen LogP contribution >= 0.6 is 0 Å². The van der Waals surface area contributed by atoms with Gasteiger partial charge in [-0.15, -0.1) is 0 Å². The highest BCUT2D eigenvalue weighted by Gasteiger charge is 2.47. The standard InChI is InChI=1S/C31H35N3O/c1-2-31(18-15-28(35)32-21-23-11-7-10-22-9-3-4-12-24(22)23)17-8-19-34-20-16-26-25-13-5-6-14-27(25)33-29(26)30(31)34/h3-7,9-14,30,33H,2,8,15-21H2,1H3,(H,32,35)/t30-,31-/m1/s1. The third kappa shape index (κ3) is 3.94. The summed E-state index contributed by atoms with van der Waals surface area (Å²) in [4.78, 5) is 19.6. The molecule has 1 amide bonds. The molecule has 0 radical (unpaired) electrons. The van der Waals surface area contributed by atoms with Gasteiger partial charge in [0, 0.05) is 36.1 Å². The molecule has 35 heavy (non-hydrogen) atoms. The van der Waals surface area contributed by atoms with Crippen LogP contribution in [0.15, 0.2) is 66.7 Å². The molecule has 6 rings (SSSR count). The Labute approximate surface area is 207 Å². The van der Waals surface area contributed by atoms with Crippen molar-refractivity contribution in [3.63, 3.8) is 0 Å². The van der Waals surface area contributed by atoms with Crippen LogP contribution in [0.25, 0.3) is 21.7 Å². The second kappa shape index (κ2) is 9.16. The van der Waals surface area contributed by atoms with Gasteiger partial charge in [-0.25, -0.2) is 0 Å². The average molecular weight is 466 g/mol. The van der Waals surface area contributed by atoms with Gasteiger partial charge in [-0.3, -0.25) is 9.69 Å². The summed E-state index contributed by atoms with van der Waals surface area (Å²) in [5.74, 6) is 0.163. The van der Waals surface area contributed by atoms with Crippen molar-refractivity contribution in [1.82, 2.24) is 15.2 Å². The van der Waals surface area contributed by atoms with Crippen LogP contribution in [0.5, 0.6) is 0 Å². The number of piperidine rings is 1. The highest BCUT2D eigenvalue weighted by molar-refractivity contribution is 5.86. The van der Waals surface area contributed by atoms with E-state index >= 15 is 0 Å². The Morgan fingerprint density at radius 1 is 1.03 bits per heavy atom. The highest BCUT2D eigenvalue weighted by Crippen LogP contribution is 2.53. The van der Waals surface area contributed by atoms with Gasteiger partial charge < -0.3 is 10.3 Å². The number of benzene rings is 3. The van der Waals surface area contributed by atoms with Crippen LogP contribution in [0.1, 0.15) is 61.9 Å². The first-order valence-corrected chi connectivity index (χ1v) is 13.3. The number of rotatable bonds is 6. The summed E-state index contributed by atoms with van der Waals surface area (Å²) in [5.41, 5.74) is 5.48.